The molecule has 0 fully saturated rings. The standard InChI is InChI=1S/C19H19BrN4O2S/c1-26-16-10-6-14(7-11-16)18-22-23-19(24(18)21)27-12-2-3-17(25)13-4-8-15(20)9-5-13/h4-11H,2-3,12,21H2,1H3. The van der Waals surface area contributed by atoms with Crippen molar-refractivity contribution in [2.75, 3.05) is 18.7 Å². The summed E-state index contributed by atoms with van der Waals surface area (Å²) in [5, 5.41) is 8.94. The summed E-state index contributed by atoms with van der Waals surface area (Å²) in [7, 11) is 1.62. The van der Waals surface area contributed by atoms with Crippen molar-refractivity contribution < 1.29 is 9.53 Å². The topological polar surface area (TPSA) is 83.0 Å². The van der Waals surface area contributed by atoms with Gasteiger partial charge in [-0.1, -0.05) is 39.8 Å². The van der Waals surface area contributed by atoms with Crippen molar-refractivity contribution in [3.8, 4) is 17.1 Å². The number of hydrogen-bond donors (Lipinski definition) is 1. The number of hydrogen-bond acceptors (Lipinski definition) is 6. The predicted molar refractivity (Wildman–Crippen MR) is 111 cm³/mol. The molecule has 1 aromatic heterocycles. The molecule has 140 valence electrons. The van der Waals surface area contributed by atoms with Crippen molar-refractivity contribution in [1.29, 1.82) is 0 Å². The summed E-state index contributed by atoms with van der Waals surface area (Å²) in [5.74, 6) is 8.35. The molecule has 0 bridgehead atoms. The number of halogens is 1. The van der Waals surface area contributed by atoms with Crippen LogP contribution in [0.3, 0.4) is 0 Å². The maximum atomic E-state index is 12.2. The maximum Gasteiger partial charge on any atom is 0.210 e. The molecule has 0 amide bonds. The highest BCUT2D eigenvalue weighted by Gasteiger charge is 2.13. The van der Waals surface area contributed by atoms with Crippen molar-refractivity contribution in [2.45, 2.75) is 18.0 Å². The average molecular weight is 447 g/mol. The normalized spacial score (nSPS) is 10.7. The monoisotopic (exact) mass is 446 g/mol. The van der Waals surface area contributed by atoms with Gasteiger partial charge in [-0.2, -0.15) is 0 Å². The van der Waals surface area contributed by atoms with Crippen molar-refractivity contribution in [3.63, 3.8) is 0 Å². The van der Waals surface area contributed by atoms with E-state index < -0.39 is 0 Å². The number of benzene rings is 2. The van der Waals surface area contributed by atoms with Gasteiger partial charge < -0.3 is 10.6 Å². The smallest absolute Gasteiger partial charge is 0.210 e. The molecule has 6 nitrogen and oxygen atoms in total. The lowest BCUT2D eigenvalue weighted by Crippen LogP contribution is -2.11. The van der Waals surface area contributed by atoms with E-state index in [9.17, 15) is 4.79 Å². The number of nitrogen functional groups attached to an aromatic ring is 1. The van der Waals surface area contributed by atoms with Gasteiger partial charge in [0.1, 0.15) is 5.75 Å². The Labute approximate surface area is 170 Å². The molecule has 3 aromatic rings. The van der Waals surface area contributed by atoms with Gasteiger partial charge in [-0.05, 0) is 42.8 Å². The summed E-state index contributed by atoms with van der Waals surface area (Å²) in [6, 6.07) is 14.9. The molecule has 0 aliphatic heterocycles. The van der Waals surface area contributed by atoms with E-state index in [0.717, 1.165) is 33.5 Å². The molecule has 0 aliphatic rings. The van der Waals surface area contributed by atoms with Gasteiger partial charge in [-0.15, -0.1) is 10.2 Å². The molecule has 3 rings (SSSR count). The SMILES string of the molecule is COc1ccc(-c2nnc(SCCCC(=O)c3ccc(Br)cc3)n2N)cc1. The maximum absolute atomic E-state index is 12.2. The number of aromatic nitrogens is 3. The van der Waals surface area contributed by atoms with Crippen LogP contribution in [0.4, 0.5) is 0 Å². The van der Waals surface area contributed by atoms with Crippen molar-refractivity contribution in [1.82, 2.24) is 14.9 Å². The molecule has 2 aromatic carbocycles. The summed E-state index contributed by atoms with van der Waals surface area (Å²) in [6.45, 7) is 0. The van der Waals surface area contributed by atoms with Crippen LogP contribution in [0, 0.1) is 0 Å². The van der Waals surface area contributed by atoms with Gasteiger partial charge in [0.15, 0.2) is 11.6 Å². The fourth-order valence-electron chi connectivity index (χ4n) is 2.49. The minimum Gasteiger partial charge on any atom is -0.497 e. The van der Waals surface area contributed by atoms with Crippen LogP contribution in [0.25, 0.3) is 11.4 Å². The molecule has 2 N–H and O–H groups in total. The third-order valence-electron chi connectivity index (χ3n) is 3.96. The third kappa shape index (κ3) is 4.90. The van der Waals surface area contributed by atoms with E-state index in [2.05, 4.69) is 26.1 Å². The van der Waals surface area contributed by atoms with Gasteiger partial charge in [0.25, 0.3) is 0 Å². The number of carbonyl (C=O) groups excluding carboxylic acids is 1. The van der Waals surface area contributed by atoms with E-state index >= 15 is 0 Å². The number of ketones is 1. The van der Waals surface area contributed by atoms with Gasteiger partial charge in [-0.25, -0.2) is 4.68 Å². The second kappa shape index (κ2) is 9.05. The van der Waals surface area contributed by atoms with Crippen LogP contribution >= 0.6 is 27.7 Å². The van der Waals surface area contributed by atoms with Gasteiger partial charge in [-0.3, -0.25) is 4.79 Å². The van der Waals surface area contributed by atoms with Gasteiger partial charge in [0.2, 0.25) is 5.16 Å². The van der Waals surface area contributed by atoms with Crippen LogP contribution in [0.1, 0.15) is 23.2 Å². The molecule has 0 saturated heterocycles. The van der Waals surface area contributed by atoms with Crippen LogP contribution < -0.4 is 10.6 Å². The summed E-state index contributed by atoms with van der Waals surface area (Å²) in [6.07, 6.45) is 1.23. The number of rotatable bonds is 8. The lowest BCUT2D eigenvalue weighted by molar-refractivity contribution is 0.0982. The van der Waals surface area contributed by atoms with E-state index in [0.29, 0.717) is 17.4 Å². The Bertz CT molecular complexity index is 910. The lowest BCUT2D eigenvalue weighted by Gasteiger charge is -2.05. The molecule has 0 atom stereocenters. The number of nitrogens with zero attached hydrogens (tertiary/aromatic N) is 3. The minimum atomic E-state index is 0.135. The number of nitrogens with two attached hydrogens (primary N) is 1. The quantitative estimate of drug-likeness (QED) is 0.241. The number of methoxy groups -OCH3 is 1. The average Bonchev–Trinajstić information content (AvgIpc) is 3.06. The van der Waals surface area contributed by atoms with Crippen LogP contribution in [-0.2, 0) is 0 Å². The molecule has 0 aliphatic carbocycles. The first kappa shape index (κ1) is 19.4. The summed E-state index contributed by atoms with van der Waals surface area (Å²) in [4.78, 5) is 12.2. The Kier molecular flexibility index (Phi) is 6.52. The molecule has 27 heavy (non-hydrogen) atoms. The zero-order valence-electron chi connectivity index (χ0n) is 14.8. The molecule has 0 spiro atoms. The molecule has 0 saturated carbocycles. The Balaban J connectivity index is 1.53. The van der Waals surface area contributed by atoms with E-state index in [4.69, 9.17) is 10.6 Å². The molecule has 8 heteroatoms. The largest absolute Gasteiger partial charge is 0.497 e. The van der Waals surface area contributed by atoms with E-state index in [-0.39, 0.29) is 5.78 Å². The highest BCUT2D eigenvalue weighted by atomic mass is 79.9. The van der Waals surface area contributed by atoms with Crippen LogP contribution in [0.5, 0.6) is 5.75 Å². The summed E-state index contributed by atoms with van der Waals surface area (Å²) in [5.41, 5.74) is 1.59. The van der Waals surface area contributed by atoms with Crippen molar-refractivity contribution >= 4 is 33.5 Å². The third-order valence-corrected chi connectivity index (χ3v) is 5.52. The van der Waals surface area contributed by atoms with E-state index in [1.807, 2.05) is 48.5 Å². The molecule has 1 heterocycles. The Morgan fingerprint density at radius 1 is 1.15 bits per heavy atom. The first-order valence-corrected chi connectivity index (χ1v) is 10.1. The summed E-state index contributed by atoms with van der Waals surface area (Å²) >= 11 is 4.86. The Morgan fingerprint density at radius 3 is 2.52 bits per heavy atom. The number of Topliss-reactive ketones (excluding diaryl/α,β-unsaturated/α-hetero) is 1. The number of thioether (sulfide) groups is 1. The van der Waals surface area contributed by atoms with Crippen LogP contribution in [0.2, 0.25) is 0 Å². The summed E-state index contributed by atoms with van der Waals surface area (Å²) < 4.78 is 7.59. The zero-order chi connectivity index (χ0) is 19.2. The highest BCUT2D eigenvalue weighted by molar-refractivity contribution is 9.10. The second-order valence-corrected chi connectivity index (χ2v) is 7.76. The van der Waals surface area contributed by atoms with Gasteiger partial charge in [0, 0.05) is 27.8 Å². The molecular formula is C19H19BrN4O2S. The van der Waals surface area contributed by atoms with E-state index in [1.165, 1.54) is 16.4 Å². The highest BCUT2D eigenvalue weighted by Crippen LogP contribution is 2.24. The van der Waals surface area contributed by atoms with Gasteiger partial charge in [0.05, 0.1) is 7.11 Å². The lowest BCUT2D eigenvalue weighted by atomic mass is 10.1. The molecule has 0 radical (unpaired) electrons. The first-order chi connectivity index (χ1) is 13.1. The fourth-order valence-corrected chi connectivity index (χ4v) is 3.55. The Hall–Kier alpha value is -2.32. The first-order valence-electron chi connectivity index (χ1n) is 8.35. The second-order valence-electron chi connectivity index (χ2n) is 5.79. The molecular weight excluding hydrogens is 428 g/mol. The number of ether oxygens (including phenoxy) is 1. The van der Waals surface area contributed by atoms with Crippen LogP contribution in [-0.4, -0.2) is 33.5 Å². The van der Waals surface area contributed by atoms with Crippen molar-refractivity contribution in [2.24, 2.45) is 0 Å². The molecule has 0 unspecified atom stereocenters. The Morgan fingerprint density at radius 2 is 1.85 bits per heavy atom. The minimum absolute atomic E-state index is 0.135. The van der Waals surface area contributed by atoms with Crippen molar-refractivity contribution in [3.05, 3.63) is 58.6 Å². The zero-order valence-corrected chi connectivity index (χ0v) is 17.2. The van der Waals surface area contributed by atoms with Crippen LogP contribution in [0.15, 0.2) is 58.2 Å². The van der Waals surface area contributed by atoms with Gasteiger partial charge >= 0.3 is 0 Å². The van der Waals surface area contributed by atoms with E-state index in [1.54, 1.807) is 7.11 Å². The fraction of sp³-hybridized carbons (Fsp3) is 0.211. The number of carbonyl (C=O) groups is 1. The predicted octanol–water partition coefficient (Wildman–Crippen LogP) is 4.19.